The second-order valence-corrected chi connectivity index (χ2v) is 9.61. The Morgan fingerprint density at radius 1 is 0.865 bits per heavy atom. The molecule has 0 bridgehead atoms. The molecule has 1 heterocycles. The smallest absolute Gasteiger partial charge is 0.350 e. The van der Waals surface area contributed by atoms with Gasteiger partial charge in [-0.25, -0.2) is 0 Å². The molecule has 1 aliphatic carbocycles. The predicted molar refractivity (Wildman–Crippen MR) is 132 cm³/mol. The fourth-order valence-corrected chi connectivity index (χ4v) is 5.14. The lowest BCUT2D eigenvalue weighted by molar-refractivity contribution is -0.137. The van der Waals surface area contributed by atoms with Gasteiger partial charge in [0.1, 0.15) is 0 Å². The van der Waals surface area contributed by atoms with Gasteiger partial charge in [0.25, 0.3) is 11.8 Å². The molecular weight excluding hydrogens is 485 g/mol. The summed E-state index contributed by atoms with van der Waals surface area (Å²) in [6.07, 6.45) is 0.186. The number of alkyl halides is 3. The van der Waals surface area contributed by atoms with E-state index in [1.807, 2.05) is 18.2 Å². The van der Waals surface area contributed by atoms with Gasteiger partial charge in [-0.05, 0) is 49.6 Å². The van der Waals surface area contributed by atoms with Gasteiger partial charge < -0.3 is 16.0 Å². The number of rotatable bonds is 7. The number of nitrogens with zero attached hydrogens (tertiary/aromatic N) is 1. The van der Waals surface area contributed by atoms with E-state index in [0.717, 1.165) is 56.8 Å². The van der Waals surface area contributed by atoms with Crippen molar-refractivity contribution in [3.8, 4) is 0 Å². The summed E-state index contributed by atoms with van der Waals surface area (Å²) in [6.45, 7) is 1.09. The molecule has 37 heavy (non-hydrogen) atoms. The average molecular weight is 517 g/mol. The van der Waals surface area contributed by atoms with Crippen LogP contribution in [0.5, 0.6) is 0 Å². The molecule has 1 saturated heterocycles. The molecule has 2 aliphatic rings. The van der Waals surface area contributed by atoms with Crippen molar-refractivity contribution in [2.75, 3.05) is 19.6 Å². The summed E-state index contributed by atoms with van der Waals surface area (Å²) in [5.74, 6) is -1.23. The zero-order valence-corrected chi connectivity index (χ0v) is 20.4. The van der Waals surface area contributed by atoms with Crippen LogP contribution in [-0.2, 0) is 11.0 Å². The number of nitrogens with one attached hydrogen (secondary N) is 3. The van der Waals surface area contributed by atoms with Crippen molar-refractivity contribution in [3.05, 3.63) is 71.3 Å². The Morgan fingerprint density at radius 2 is 1.59 bits per heavy atom. The van der Waals surface area contributed by atoms with Crippen LogP contribution in [-0.4, -0.2) is 60.4 Å². The summed E-state index contributed by atoms with van der Waals surface area (Å²) in [4.78, 5) is 39.7. The number of halogens is 3. The van der Waals surface area contributed by atoms with E-state index in [4.69, 9.17) is 0 Å². The van der Waals surface area contributed by atoms with Gasteiger partial charge in [-0.2, -0.15) is 13.2 Å². The predicted octanol–water partition coefficient (Wildman–Crippen LogP) is 3.37. The topological polar surface area (TPSA) is 90.5 Å². The van der Waals surface area contributed by atoms with Gasteiger partial charge in [0.15, 0.2) is 0 Å². The average Bonchev–Trinajstić information content (AvgIpc) is 3.35. The van der Waals surface area contributed by atoms with Gasteiger partial charge in [0.05, 0.1) is 12.1 Å². The van der Waals surface area contributed by atoms with Crippen LogP contribution in [0.2, 0.25) is 0 Å². The number of carbonyl (C=O) groups excluding carboxylic acids is 3. The fourth-order valence-electron chi connectivity index (χ4n) is 5.14. The van der Waals surface area contributed by atoms with Gasteiger partial charge in [-0.3, -0.25) is 19.3 Å². The van der Waals surface area contributed by atoms with E-state index >= 15 is 0 Å². The van der Waals surface area contributed by atoms with Crippen LogP contribution in [0.25, 0.3) is 0 Å². The molecule has 0 spiro atoms. The molecule has 0 aromatic heterocycles. The molecule has 0 unspecified atom stereocenters. The van der Waals surface area contributed by atoms with E-state index < -0.39 is 23.6 Å². The normalized spacial score (nSPS) is 22.3. The highest BCUT2D eigenvalue weighted by Gasteiger charge is 2.36. The SMILES string of the molecule is O=C(CNC(=O)c1cccc(C(F)(F)F)c1)N[C@@H]1CCN([C@@H]2CCCC[C@H]2NC(=O)c2ccccc2)C1. The van der Waals surface area contributed by atoms with Crippen molar-refractivity contribution in [1.82, 2.24) is 20.9 Å². The molecule has 198 valence electrons. The Balaban J connectivity index is 1.26. The number of hydrogen-bond acceptors (Lipinski definition) is 4. The summed E-state index contributed by atoms with van der Waals surface area (Å²) in [7, 11) is 0. The third kappa shape index (κ3) is 7.09. The molecule has 4 rings (SSSR count). The molecule has 0 radical (unpaired) electrons. The molecule has 1 aliphatic heterocycles. The first-order chi connectivity index (χ1) is 17.7. The molecule has 3 N–H and O–H groups in total. The molecular formula is C27H31F3N4O3. The highest BCUT2D eigenvalue weighted by Crippen LogP contribution is 2.29. The van der Waals surface area contributed by atoms with E-state index in [2.05, 4.69) is 20.9 Å². The maximum atomic E-state index is 12.9. The van der Waals surface area contributed by atoms with Gasteiger partial charge in [0.2, 0.25) is 5.91 Å². The molecule has 3 atom stereocenters. The van der Waals surface area contributed by atoms with E-state index in [-0.39, 0.29) is 36.1 Å². The minimum absolute atomic E-state index is 0.0302. The van der Waals surface area contributed by atoms with Gasteiger partial charge in [0, 0.05) is 42.3 Å². The Hall–Kier alpha value is -3.40. The number of hydrogen-bond donors (Lipinski definition) is 3. The molecule has 2 aromatic rings. The molecule has 3 amide bonds. The second-order valence-electron chi connectivity index (χ2n) is 9.61. The van der Waals surface area contributed by atoms with Crippen LogP contribution >= 0.6 is 0 Å². The molecule has 10 heteroatoms. The van der Waals surface area contributed by atoms with E-state index in [1.54, 1.807) is 12.1 Å². The van der Waals surface area contributed by atoms with Crippen LogP contribution in [0.4, 0.5) is 13.2 Å². The Labute approximate surface area is 213 Å². The van der Waals surface area contributed by atoms with Crippen LogP contribution in [0.15, 0.2) is 54.6 Å². The summed E-state index contributed by atoms with van der Waals surface area (Å²) in [5.41, 5.74) is -0.447. The summed E-state index contributed by atoms with van der Waals surface area (Å²) in [6, 6.07) is 13.3. The van der Waals surface area contributed by atoms with E-state index in [1.165, 1.54) is 6.07 Å². The monoisotopic (exact) mass is 516 g/mol. The lowest BCUT2D eigenvalue weighted by atomic mass is 9.89. The van der Waals surface area contributed by atoms with Crippen LogP contribution in [0.3, 0.4) is 0 Å². The van der Waals surface area contributed by atoms with Crippen molar-refractivity contribution in [1.29, 1.82) is 0 Å². The Morgan fingerprint density at radius 3 is 2.35 bits per heavy atom. The first-order valence-corrected chi connectivity index (χ1v) is 12.6. The summed E-state index contributed by atoms with van der Waals surface area (Å²) < 4.78 is 38.6. The lowest BCUT2D eigenvalue weighted by Gasteiger charge is -2.38. The number of carbonyl (C=O) groups is 3. The standard InChI is InChI=1S/C27H31F3N4O3/c28-27(29,30)20-10-6-9-19(15-20)25(36)31-16-24(35)32-21-13-14-34(17-21)23-12-5-4-11-22(23)33-26(37)18-7-2-1-3-8-18/h1-3,6-10,15,21-23H,4-5,11-14,16-17H2,(H,31,36)(H,32,35)(H,33,37)/t21-,22-,23-/m1/s1. The summed E-state index contributed by atoms with van der Waals surface area (Å²) in [5, 5.41) is 8.49. The maximum Gasteiger partial charge on any atom is 0.416 e. The van der Waals surface area contributed by atoms with Crippen molar-refractivity contribution < 1.29 is 27.6 Å². The molecule has 1 saturated carbocycles. The fraction of sp³-hybridized carbons (Fsp3) is 0.444. The second kappa shape index (κ2) is 11.8. The van der Waals surface area contributed by atoms with Crippen LogP contribution in [0, 0.1) is 0 Å². The quantitative estimate of drug-likeness (QED) is 0.527. The summed E-state index contributed by atoms with van der Waals surface area (Å²) >= 11 is 0. The minimum Gasteiger partial charge on any atom is -0.350 e. The number of likely N-dealkylation sites (tertiary alicyclic amines) is 1. The maximum absolute atomic E-state index is 12.9. The van der Waals surface area contributed by atoms with Crippen molar-refractivity contribution in [2.45, 2.75) is 56.4 Å². The van der Waals surface area contributed by atoms with Crippen molar-refractivity contribution in [2.24, 2.45) is 0 Å². The number of benzene rings is 2. The van der Waals surface area contributed by atoms with E-state index in [0.29, 0.717) is 12.1 Å². The molecule has 2 aromatic carbocycles. The van der Waals surface area contributed by atoms with Crippen LogP contribution in [0.1, 0.15) is 58.4 Å². The van der Waals surface area contributed by atoms with Gasteiger partial charge in [-0.15, -0.1) is 0 Å². The Kier molecular flexibility index (Phi) is 8.48. The van der Waals surface area contributed by atoms with E-state index in [9.17, 15) is 27.6 Å². The largest absolute Gasteiger partial charge is 0.416 e. The third-order valence-corrected chi connectivity index (χ3v) is 7.00. The highest BCUT2D eigenvalue weighted by atomic mass is 19.4. The van der Waals surface area contributed by atoms with Crippen molar-refractivity contribution in [3.63, 3.8) is 0 Å². The van der Waals surface area contributed by atoms with Gasteiger partial charge >= 0.3 is 6.18 Å². The Bertz CT molecular complexity index is 1110. The van der Waals surface area contributed by atoms with Crippen LogP contribution < -0.4 is 16.0 Å². The zero-order chi connectivity index (χ0) is 26.4. The first-order valence-electron chi connectivity index (χ1n) is 12.6. The minimum atomic E-state index is -4.55. The highest BCUT2D eigenvalue weighted by molar-refractivity contribution is 5.96. The van der Waals surface area contributed by atoms with Gasteiger partial charge in [-0.1, -0.05) is 37.1 Å². The third-order valence-electron chi connectivity index (χ3n) is 7.00. The zero-order valence-electron chi connectivity index (χ0n) is 20.4. The lowest BCUT2D eigenvalue weighted by Crippen LogP contribution is -2.53. The van der Waals surface area contributed by atoms with Crippen molar-refractivity contribution >= 4 is 17.7 Å². The number of amides is 3. The first kappa shape index (κ1) is 26.7. The molecule has 2 fully saturated rings. The molecule has 7 nitrogen and oxygen atoms in total.